The van der Waals surface area contributed by atoms with Crippen LogP contribution in [0.15, 0.2) is 243 Å². The lowest BCUT2D eigenvalue weighted by Crippen LogP contribution is -2.75. The van der Waals surface area contributed by atoms with Gasteiger partial charge in [-0.2, -0.15) is 0 Å². The van der Waals surface area contributed by atoms with Crippen molar-refractivity contribution in [1.82, 2.24) is 9.13 Å². The van der Waals surface area contributed by atoms with Crippen molar-refractivity contribution in [1.29, 1.82) is 0 Å². The minimum absolute atomic E-state index is 0.112. The normalized spacial score (nSPS) is 16.2. The summed E-state index contributed by atoms with van der Waals surface area (Å²) in [6.45, 7) is 0. The van der Waals surface area contributed by atoms with Crippen LogP contribution in [0.3, 0.4) is 0 Å². The van der Waals surface area contributed by atoms with Crippen molar-refractivity contribution in [3.8, 4) is 11.4 Å². The van der Waals surface area contributed by atoms with Gasteiger partial charge in [0.1, 0.15) is 0 Å². The van der Waals surface area contributed by atoms with Crippen LogP contribution in [0.4, 0.5) is 0 Å². The SMILES string of the molecule is [2H]c1c([2H])c([2H])c([Si](c2ccccc2)(c2ccccc2)c2cccc3c2C2c4ccccc4C3c3cccc(-n4c5ccccc5c5cc(-n6c7ccccc7c7ccccc76)ccc54)c32)c([2H])c1[2H]. The van der Waals surface area contributed by atoms with Gasteiger partial charge in [-0.1, -0.05) is 200 Å². The van der Waals surface area contributed by atoms with Crippen molar-refractivity contribution >= 4 is 72.4 Å². The Morgan fingerprint density at radius 3 is 1.49 bits per heavy atom. The lowest BCUT2D eigenvalue weighted by Gasteiger charge is -2.46. The van der Waals surface area contributed by atoms with Gasteiger partial charge in [0.25, 0.3) is 0 Å². The van der Waals surface area contributed by atoms with E-state index in [0.717, 1.165) is 48.9 Å². The highest BCUT2D eigenvalue weighted by Gasteiger charge is 2.50. The van der Waals surface area contributed by atoms with E-state index in [4.69, 9.17) is 4.11 Å². The second-order valence-electron chi connectivity index (χ2n) is 17.5. The van der Waals surface area contributed by atoms with Gasteiger partial charge in [0.05, 0.1) is 34.6 Å². The van der Waals surface area contributed by atoms with Crippen LogP contribution in [-0.2, 0) is 0 Å². The monoisotopic (exact) mass is 847 g/mol. The molecule has 2 aromatic heterocycles. The molecule has 0 spiro atoms. The largest absolute Gasteiger partial charge is 0.309 e. The molecule has 0 saturated heterocycles. The van der Waals surface area contributed by atoms with Gasteiger partial charge in [-0.15, -0.1) is 0 Å². The molecule has 12 aromatic rings. The molecule has 65 heavy (non-hydrogen) atoms. The summed E-state index contributed by atoms with van der Waals surface area (Å²) in [4.78, 5) is 0. The number of aromatic nitrogens is 2. The molecule has 3 aliphatic carbocycles. The Bertz CT molecular complexity index is 4040. The summed E-state index contributed by atoms with van der Waals surface area (Å²) in [7, 11) is -3.78. The van der Waals surface area contributed by atoms with E-state index < -0.39 is 14.1 Å². The highest BCUT2D eigenvalue weighted by molar-refractivity contribution is 7.20. The summed E-state index contributed by atoms with van der Waals surface area (Å²) in [5, 5.41) is 8.10. The maximum Gasteiger partial charge on any atom is 0.179 e. The van der Waals surface area contributed by atoms with Crippen molar-refractivity contribution < 1.29 is 6.85 Å². The second kappa shape index (κ2) is 14.0. The van der Waals surface area contributed by atoms with Crippen LogP contribution >= 0.6 is 0 Å². The van der Waals surface area contributed by atoms with Gasteiger partial charge in [-0.25, -0.2) is 0 Å². The molecule has 10 aromatic carbocycles. The van der Waals surface area contributed by atoms with E-state index in [9.17, 15) is 2.74 Å². The Balaban J connectivity index is 1.08. The zero-order valence-corrected chi connectivity index (χ0v) is 36.3. The molecule has 0 fully saturated rings. The fourth-order valence-electron chi connectivity index (χ4n) is 12.1. The fourth-order valence-corrected chi connectivity index (χ4v) is 16.8. The Morgan fingerprint density at radius 2 is 0.846 bits per heavy atom. The van der Waals surface area contributed by atoms with Crippen LogP contribution in [0.5, 0.6) is 0 Å². The molecule has 0 amide bonds. The minimum Gasteiger partial charge on any atom is -0.309 e. The van der Waals surface area contributed by atoms with Gasteiger partial charge >= 0.3 is 0 Å². The van der Waals surface area contributed by atoms with Crippen LogP contribution in [0.25, 0.3) is 55.0 Å². The van der Waals surface area contributed by atoms with Crippen molar-refractivity contribution in [2.75, 3.05) is 0 Å². The summed E-state index contributed by atoms with van der Waals surface area (Å²) < 4.78 is 51.5. The quantitative estimate of drug-likeness (QED) is 0.117. The molecule has 304 valence electrons. The van der Waals surface area contributed by atoms with Crippen LogP contribution in [0, 0.1) is 0 Å². The molecule has 15 rings (SSSR count). The third kappa shape index (κ3) is 4.99. The third-order valence-corrected chi connectivity index (χ3v) is 19.1. The molecule has 0 radical (unpaired) electrons. The standard InChI is InChI=1S/C62H42N2Si/c1-4-20-42(21-5-1)65(43-22-6-2-7-23-43,44-24-8-3-9-25-44)58-37-19-32-51-59-48-29-10-11-30-49(48)62(61(51)58)60-50(59)31-18-36-57(60)64-55-35-17-14-28-47(55)52-40-41(38-39-56(52)64)63-53-33-15-12-26-45(53)46-27-13-16-34-54(46)63/h1-40,59,62H/i1D,4D,5D,20D,21D. The lowest BCUT2D eigenvalue weighted by atomic mass is 9.60. The van der Waals surface area contributed by atoms with E-state index >= 15 is 0 Å². The van der Waals surface area contributed by atoms with Crippen molar-refractivity contribution in [2.24, 2.45) is 0 Å². The number of nitrogens with zero attached hydrogens (tertiary/aromatic N) is 2. The van der Waals surface area contributed by atoms with Crippen molar-refractivity contribution in [2.45, 2.75) is 11.8 Å². The van der Waals surface area contributed by atoms with Crippen LogP contribution in [0.1, 0.15) is 52.1 Å². The number of hydrogen-bond donors (Lipinski definition) is 0. The van der Waals surface area contributed by atoms with E-state index in [-0.39, 0.29) is 36.0 Å². The van der Waals surface area contributed by atoms with E-state index in [2.05, 4.69) is 185 Å². The van der Waals surface area contributed by atoms with E-state index in [0.29, 0.717) is 5.19 Å². The van der Waals surface area contributed by atoms with Gasteiger partial charge in [0.2, 0.25) is 0 Å². The molecule has 2 heterocycles. The summed E-state index contributed by atoms with van der Waals surface area (Å²) >= 11 is 0. The highest BCUT2D eigenvalue weighted by atomic mass is 28.3. The number of benzene rings is 10. The van der Waals surface area contributed by atoms with Crippen molar-refractivity contribution in [3.63, 3.8) is 0 Å². The first-order valence-electron chi connectivity index (χ1n) is 24.9. The smallest absolute Gasteiger partial charge is 0.179 e. The molecule has 2 bridgehead atoms. The molecule has 0 saturated carbocycles. The molecule has 0 aliphatic heterocycles. The number of rotatable bonds is 6. The molecule has 3 aliphatic rings. The van der Waals surface area contributed by atoms with Crippen LogP contribution in [-0.4, -0.2) is 17.2 Å². The summed E-state index contributed by atoms with van der Waals surface area (Å²) in [5.74, 6) is -0.366. The molecule has 2 nitrogen and oxygen atoms in total. The minimum atomic E-state index is -3.78. The third-order valence-electron chi connectivity index (χ3n) is 14.5. The first kappa shape index (κ1) is 31.8. The first-order valence-corrected chi connectivity index (χ1v) is 24.4. The van der Waals surface area contributed by atoms with Gasteiger partial charge in [0, 0.05) is 39.1 Å². The van der Waals surface area contributed by atoms with Gasteiger partial charge < -0.3 is 9.13 Å². The van der Waals surface area contributed by atoms with E-state index in [1.807, 2.05) is 36.4 Å². The van der Waals surface area contributed by atoms with Gasteiger partial charge in [-0.05, 0) is 96.6 Å². The Morgan fingerprint density at radius 1 is 0.354 bits per heavy atom. The summed E-state index contributed by atoms with van der Waals surface area (Å²) in [6.07, 6.45) is 0. The van der Waals surface area contributed by atoms with E-state index in [1.54, 1.807) is 0 Å². The first-order chi connectivity index (χ1) is 34.4. The maximum absolute atomic E-state index is 9.80. The highest BCUT2D eigenvalue weighted by Crippen LogP contribution is 2.57. The second-order valence-corrected chi connectivity index (χ2v) is 21.2. The number of hydrogen-bond acceptors (Lipinski definition) is 0. The fraction of sp³-hybridized carbons (Fsp3) is 0.0323. The maximum atomic E-state index is 9.80. The number of para-hydroxylation sites is 3. The topological polar surface area (TPSA) is 9.86 Å². The summed E-state index contributed by atoms with van der Waals surface area (Å²) in [6, 6.07) is 74.5. The summed E-state index contributed by atoms with van der Waals surface area (Å²) in [5.41, 5.74) is 14.1. The predicted molar refractivity (Wildman–Crippen MR) is 274 cm³/mol. The zero-order valence-electron chi connectivity index (χ0n) is 40.3. The zero-order chi connectivity index (χ0) is 47.0. The molecule has 3 heteroatoms. The van der Waals surface area contributed by atoms with Gasteiger partial charge in [0.15, 0.2) is 8.07 Å². The molecular formula is C62H42N2Si. The Hall–Kier alpha value is -7.98. The molecular weight excluding hydrogens is 801 g/mol. The Labute approximate surface area is 386 Å². The predicted octanol–water partition coefficient (Wildman–Crippen LogP) is 12.2. The molecule has 2 atom stereocenters. The van der Waals surface area contributed by atoms with Crippen LogP contribution in [0.2, 0.25) is 0 Å². The average molecular weight is 848 g/mol. The van der Waals surface area contributed by atoms with Crippen LogP contribution < -0.4 is 20.7 Å². The van der Waals surface area contributed by atoms with Crippen molar-refractivity contribution in [3.05, 3.63) is 276 Å². The molecule has 0 N–H and O–H groups in total. The Kier molecular flexibility index (Phi) is 6.85. The number of fused-ring (bicyclic) bond motifs is 6. The molecule has 2 unspecified atom stereocenters. The van der Waals surface area contributed by atoms with E-state index in [1.165, 1.54) is 55.0 Å². The average Bonchev–Trinajstić information content (AvgIpc) is 3.93. The van der Waals surface area contributed by atoms with Gasteiger partial charge in [-0.3, -0.25) is 0 Å². The lowest BCUT2D eigenvalue weighted by molar-refractivity contribution is 0.752.